The van der Waals surface area contributed by atoms with E-state index in [4.69, 9.17) is 4.74 Å². The van der Waals surface area contributed by atoms with Crippen LogP contribution in [0.25, 0.3) is 0 Å². The number of rotatable bonds is 8. The average molecular weight is 318 g/mol. The molecule has 0 spiro atoms. The highest BCUT2D eigenvalue weighted by molar-refractivity contribution is 9.10. The van der Waals surface area contributed by atoms with Crippen molar-refractivity contribution in [2.24, 2.45) is 0 Å². The molecule has 0 atom stereocenters. The summed E-state index contributed by atoms with van der Waals surface area (Å²) in [5.74, 6) is 3.12. The van der Waals surface area contributed by atoms with Gasteiger partial charge in [-0.2, -0.15) is 11.8 Å². The quantitative estimate of drug-likeness (QED) is 0.739. The van der Waals surface area contributed by atoms with Crippen LogP contribution < -0.4 is 10.1 Å². The highest BCUT2D eigenvalue weighted by Crippen LogP contribution is 2.26. The van der Waals surface area contributed by atoms with Gasteiger partial charge in [0.25, 0.3) is 0 Å². The topological polar surface area (TPSA) is 21.3 Å². The molecular formula is C13H20BrNOS. The number of hydrogen-bond donors (Lipinski definition) is 1. The minimum Gasteiger partial charge on any atom is -0.492 e. The normalized spacial score (nSPS) is 10.5. The molecule has 0 amide bonds. The zero-order valence-electron chi connectivity index (χ0n) is 10.5. The molecule has 0 saturated carbocycles. The molecule has 1 N–H and O–H groups in total. The van der Waals surface area contributed by atoms with Crippen LogP contribution in [0.1, 0.15) is 19.4 Å². The average Bonchev–Trinajstić information content (AvgIpc) is 2.34. The maximum atomic E-state index is 5.71. The van der Waals surface area contributed by atoms with Crippen molar-refractivity contribution in [3.05, 3.63) is 28.2 Å². The van der Waals surface area contributed by atoms with Gasteiger partial charge >= 0.3 is 0 Å². The van der Waals surface area contributed by atoms with Gasteiger partial charge < -0.3 is 10.1 Å². The van der Waals surface area contributed by atoms with Crippen molar-refractivity contribution in [1.29, 1.82) is 0 Å². The smallest absolute Gasteiger partial charge is 0.133 e. The van der Waals surface area contributed by atoms with Gasteiger partial charge in [-0.25, -0.2) is 0 Å². The summed E-state index contributed by atoms with van der Waals surface area (Å²) in [5, 5.41) is 3.31. The number of nitrogens with one attached hydrogen (secondary N) is 1. The van der Waals surface area contributed by atoms with Crippen molar-refractivity contribution in [2.45, 2.75) is 20.4 Å². The van der Waals surface area contributed by atoms with Gasteiger partial charge in [0.05, 0.1) is 11.1 Å². The Labute approximate surface area is 117 Å². The molecule has 1 aromatic carbocycles. The molecule has 0 aliphatic rings. The molecule has 1 aromatic rings. The van der Waals surface area contributed by atoms with E-state index in [1.54, 1.807) is 0 Å². The predicted octanol–water partition coefficient (Wildman–Crippen LogP) is 3.69. The third kappa shape index (κ3) is 5.80. The molecule has 1 rings (SSSR count). The lowest BCUT2D eigenvalue weighted by Gasteiger charge is -2.09. The number of hydrogen-bond acceptors (Lipinski definition) is 3. The molecule has 4 heteroatoms. The van der Waals surface area contributed by atoms with Crippen LogP contribution in [-0.4, -0.2) is 24.7 Å². The van der Waals surface area contributed by atoms with E-state index in [0.29, 0.717) is 0 Å². The molecule has 0 aliphatic carbocycles. The van der Waals surface area contributed by atoms with E-state index in [1.807, 2.05) is 17.8 Å². The summed E-state index contributed by atoms with van der Waals surface area (Å²) in [6, 6.07) is 6.26. The molecular weight excluding hydrogens is 298 g/mol. The van der Waals surface area contributed by atoms with Crippen LogP contribution in [0.3, 0.4) is 0 Å². The fraction of sp³-hybridized carbons (Fsp3) is 0.538. The molecule has 2 nitrogen and oxygen atoms in total. The summed E-state index contributed by atoms with van der Waals surface area (Å²) < 4.78 is 6.75. The third-order valence-electron chi connectivity index (χ3n) is 2.26. The Morgan fingerprint density at radius 3 is 2.82 bits per heavy atom. The summed E-state index contributed by atoms with van der Waals surface area (Å²) in [6.07, 6.45) is 0. The van der Waals surface area contributed by atoms with Crippen molar-refractivity contribution in [3.8, 4) is 5.75 Å². The van der Waals surface area contributed by atoms with E-state index in [1.165, 1.54) is 5.56 Å². The van der Waals surface area contributed by atoms with Crippen LogP contribution in [0.5, 0.6) is 5.75 Å². The Bertz CT molecular complexity index is 333. The first-order valence-corrected chi connectivity index (χ1v) is 7.92. The molecule has 0 saturated heterocycles. The van der Waals surface area contributed by atoms with E-state index in [9.17, 15) is 0 Å². The van der Waals surface area contributed by atoms with Gasteiger partial charge in [-0.3, -0.25) is 0 Å². The van der Waals surface area contributed by atoms with Gasteiger partial charge in [0, 0.05) is 12.3 Å². The van der Waals surface area contributed by atoms with E-state index < -0.39 is 0 Å². The van der Waals surface area contributed by atoms with Crippen molar-refractivity contribution >= 4 is 27.7 Å². The van der Waals surface area contributed by atoms with Crippen LogP contribution in [-0.2, 0) is 6.54 Å². The number of thioether (sulfide) groups is 1. The van der Waals surface area contributed by atoms with Crippen molar-refractivity contribution in [1.82, 2.24) is 5.32 Å². The summed E-state index contributed by atoms with van der Waals surface area (Å²) in [7, 11) is 0. The first-order valence-electron chi connectivity index (χ1n) is 5.97. The fourth-order valence-electron chi connectivity index (χ4n) is 1.40. The lowest BCUT2D eigenvalue weighted by molar-refractivity contribution is 0.341. The Hall–Kier alpha value is -0.190. The second-order valence-electron chi connectivity index (χ2n) is 3.59. The lowest BCUT2D eigenvalue weighted by atomic mass is 10.2. The predicted molar refractivity (Wildman–Crippen MR) is 80.0 cm³/mol. The zero-order chi connectivity index (χ0) is 12.5. The first kappa shape index (κ1) is 14.9. The number of ether oxygens (including phenoxy) is 1. The Morgan fingerprint density at radius 2 is 2.18 bits per heavy atom. The van der Waals surface area contributed by atoms with E-state index in [-0.39, 0.29) is 0 Å². The molecule has 0 aromatic heterocycles. The van der Waals surface area contributed by atoms with Gasteiger partial charge in [-0.1, -0.05) is 19.9 Å². The van der Waals surface area contributed by atoms with E-state index >= 15 is 0 Å². The van der Waals surface area contributed by atoms with Gasteiger partial charge in [0.15, 0.2) is 0 Å². The molecule has 96 valence electrons. The first-order chi connectivity index (χ1) is 8.27. The van der Waals surface area contributed by atoms with Gasteiger partial charge in [0.1, 0.15) is 5.75 Å². The summed E-state index contributed by atoms with van der Waals surface area (Å²) in [5.41, 5.74) is 1.27. The number of halogens is 1. The van der Waals surface area contributed by atoms with Crippen LogP contribution >= 0.6 is 27.7 Å². The highest BCUT2D eigenvalue weighted by atomic mass is 79.9. The van der Waals surface area contributed by atoms with E-state index in [0.717, 1.165) is 41.4 Å². The Kier molecular flexibility index (Phi) is 7.73. The maximum Gasteiger partial charge on any atom is 0.133 e. The molecule has 0 fully saturated rings. The SMILES string of the molecule is CCNCc1ccc(OCCSCC)c(Br)c1. The van der Waals surface area contributed by atoms with Crippen LogP contribution in [0.2, 0.25) is 0 Å². The monoisotopic (exact) mass is 317 g/mol. The number of benzene rings is 1. The molecule has 0 bridgehead atoms. The molecule has 0 heterocycles. The summed E-state index contributed by atoms with van der Waals surface area (Å²) in [6.45, 7) is 6.93. The minimum atomic E-state index is 0.768. The van der Waals surface area contributed by atoms with Crippen LogP contribution in [0.15, 0.2) is 22.7 Å². The van der Waals surface area contributed by atoms with E-state index in [2.05, 4.69) is 47.2 Å². The van der Waals surface area contributed by atoms with Crippen molar-refractivity contribution in [2.75, 3.05) is 24.7 Å². The zero-order valence-corrected chi connectivity index (χ0v) is 12.9. The van der Waals surface area contributed by atoms with Crippen LogP contribution in [0, 0.1) is 0 Å². The van der Waals surface area contributed by atoms with Gasteiger partial charge in [-0.05, 0) is 45.9 Å². The van der Waals surface area contributed by atoms with Crippen molar-refractivity contribution < 1.29 is 4.74 Å². The Morgan fingerprint density at radius 1 is 1.35 bits per heavy atom. The van der Waals surface area contributed by atoms with Crippen LogP contribution in [0.4, 0.5) is 0 Å². The molecule has 0 radical (unpaired) electrons. The third-order valence-corrected chi connectivity index (χ3v) is 3.75. The molecule has 0 aliphatic heterocycles. The van der Waals surface area contributed by atoms with Gasteiger partial charge in [-0.15, -0.1) is 0 Å². The lowest BCUT2D eigenvalue weighted by Crippen LogP contribution is -2.11. The van der Waals surface area contributed by atoms with Gasteiger partial charge in [0.2, 0.25) is 0 Å². The largest absolute Gasteiger partial charge is 0.492 e. The summed E-state index contributed by atoms with van der Waals surface area (Å²) >= 11 is 5.45. The molecule has 17 heavy (non-hydrogen) atoms. The second-order valence-corrected chi connectivity index (χ2v) is 5.84. The molecule has 0 unspecified atom stereocenters. The van der Waals surface area contributed by atoms with Crippen molar-refractivity contribution in [3.63, 3.8) is 0 Å². The second kappa shape index (κ2) is 8.84. The maximum absolute atomic E-state index is 5.71. The highest BCUT2D eigenvalue weighted by Gasteiger charge is 2.02. The standard InChI is InChI=1S/C13H20BrNOS/c1-3-15-10-11-5-6-13(12(14)9-11)16-7-8-17-4-2/h5-6,9,15H,3-4,7-8,10H2,1-2H3. The fourth-order valence-corrected chi connectivity index (χ4v) is 2.43. The minimum absolute atomic E-state index is 0.768. The summed E-state index contributed by atoms with van der Waals surface area (Å²) in [4.78, 5) is 0. The Balaban J connectivity index is 2.45.